The predicted octanol–water partition coefficient (Wildman–Crippen LogP) is 2.12. The van der Waals surface area contributed by atoms with E-state index in [0.29, 0.717) is 36.1 Å². The molecule has 0 spiro atoms. The molecule has 19 heavy (non-hydrogen) atoms. The van der Waals surface area contributed by atoms with Crippen molar-refractivity contribution in [1.29, 1.82) is 0 Å². The van der Waals surface area contributed by atoms with E-state index in [0.717, 1.165) is 12.8 Å². The largest absolute Gasteiger partial charge is 0.464 e. The number of sulfonamides is 1. The fraction of sp³-hybridized carbons (Fsp3) is 0.692. The Balaban J connectivity index is 3.09. The zero-order valence-corrected chi connectivity index (χ0v) is 13.0. The molecule has 0 aliphatic rings. The van der Waals surface area contributed by atoms with Gasteiger partial charge in [-0.05, 0) is 26.8 Å². The van der Waals surface area contributed by atoms with Crippen LogP contribution in [0, 0.1) is 6.92 Å². The molecule has 6 heteroatoms. The maximum absolute atomic E-state index is 12.6. The van der Waals surface area contributed by atoms with Crippen LogP contribution in [0.15, 0.2) is 15.4 Å². The van der Waals surface area contributed by atoms with Crippen LogP contribution in [0.5, 0.6) is 0 Å². The van der Waals surface area contributed by atoms with Crippen LogP contribution in [0.3, 0.4) is 0 Å². The SMILES string of the molecule is CCCN(CCC)S(=O)(=O)c1cc(CNC)oc1C. The standard InChI is InChI=1S/C13H24N2O3S/c1-5-7-15(8-6-2)19(16,17)13-9-12(10-14-4)18-11(13)3/h9,14H,5-8,10H2,1-4H3. The van der Waals surface area contributed by atoms with Gasteiger partial charge in [-0.25, -0.2) is 8.42 Å². The number of hydrogen-bond acceptors (Lipinski definition) is 4. The molecule has 0 saturated heterocycles. The summed E-state index contributed by atoms with van der Waals surface area (Å²) < 4.78 is 32.2. The maximum atomic E-state index is 12.6. The molecule has 0 amide bonds. The van der Waals surface area contributed by atoms with Crippen LogP contribution < -0.4 is 5.32 Å². The molecule has 1 N–H and O–H groups in total. The normalized spacial score (nSPS) is 12.3. The lowest BCUT2D eigenvalue weighted by Crippen LogP contribution is -2.32. The van der Waals surface area contributed by atoms with Gasteiger partial charge in [0.05, 0.1) is 6.54 Å². The summed E-state index contributed by atoms with van der Waals surface area (Å²) in [5, 5.41) is 2.95. The van der Waals surface area contributed by atoms with Gasteiger partial charge in [0.2, 0.25) is 10.0 Å². The minimum atomic E-state index is -3.44. The third kappa shape index (κ3) is 3.81. The van der Waals surface area contributed by atoms with E-state index >= 15 is 0 Å². The first-order valence-corrected chi connectivity index (χ1v) is 8.15. The van der Waals surface area contributed by atoms with Gasteiger partial charge in [-0.1, -0.05) is 13.8 Å². The summed E-state index contributed by atoms with van der Waals surface area (Å²) >= 11 is 0. The van der Waals surface area contributed by atoms with E-state index in [1.165, 1.54) is 4.31 Å². The Labute approximate surface area is 116 Å². The van der Waals surface area contributed by atoms with Gasteiger partial charge in [-0.3, -0.25) is 0 Å². The van der Waals surface area contributed by atoms with Gasteiger partial charge < -0.3 is 9.73 Å². The van der Waals surface area contributed by atoms with Gasteiger partial charge in [-0.2, -0.15) is 4.31 Å². The van der Waals surface area contributed by atoms with Gasteiger partial charge in [0.15, 0.2) is 0 Å². The van der Waals surface area contributed by atoms with Crippen molar-refractivity contribution < 1.29 is 12.8 Å². The second-order valence-corrected chi connectivity index (χ2v) is 6.47. The van der Waals surface area contributed by atoms with E-state index in [1.807, 2.05) is 13.8 Å². The topological polar surface area (TPSA) is 62.6 Å². The molecule has 0 aliphatic heterocycles. The quantitative estimate of drug-likeness (QED) is 0.796. The first kappa shape index (κ1) is 16.2. The zero-order chi connectivity index (χ0) is 14.5. The Morgan fingerprint density at radius 1 is 1.26 bits per heavy atom. The van der Waals surface area contributed by atoms with Gasteiger partial charge in [-0.15, -0.1) is 0 Å². The highest BCUT2D eigenvalue weighted by atomic mass is 32.2. The van der Waals surface area contributed by atoms with Crippen molar-refractivity contribution in [3.8, 4) is 0 Å². The summed E-state index contributed by atoms with van der Waals surface area (Å²) in [5.74, 6) is 1.11. The van der Waals surface area contributed by atoms with Crippen molar-refractivity contribution in [2.24, 2.45) is 0 Å². The van der Waals surface area contributed by atoms with E-state index in [4.69, 9.17) is 4.42 Å². The van der Waals surface area contributed by atoms with Crippen LogP contribution in [0.4, 0.5) is 0 Å². The Morgan fingerprint density at radius 2 is 1.84 bits per heavy atom. The Bertz CT molecular complexity index is 488. The number of hydrogen-bond donors (Lipinski definition) is 1. The average molecular weight is 288 g/mol. The molecule has 0 aromatic carbocycles. The molecule has 0 aliphatic carbocycles. The minimum Gasteiger partial charge on any atom is -0.464 e. The molecule has 0 unspecified atom stereocenters. The number of nitrogens with zero attached hydrogens (tertiary/aromatic N) is 1. The van der Waals surface area contributed by atoms with E-state index in [1.54, 1.807) is 20.0 Å². The van der Waals surface area contributed by atoms with Gasteiger partial charge in [0, 0.05) is 19.2 Å². The highest BCUT2D eigenvalue weighted by Gasteiger charge is 2.27. The first-order valence-electron chi connectivity index (χ1n) is 6.71. The third-order valence-corrected chi connectivity index (χ3v) is 4.84. The molecular formula is C13H24N2O3S. The molecule has 0 saturated carbocycles. The van der Waals surface area contributed by atoms with Crippen molar-refractivity contribution >= 4 is 10.0 Å². The summed E-state index contributed by atoms with van der Waals surface area (Å²) in [6.45, 7) is 7.27. The molecule has 1 aromatic rings. The van der Waals surface area contributed by atoms with Crippen molar-refractivity contribution in [3.63, 3.8) is 0 Å². The summed E-state index contributed by atoms with van der Waals surface area (Å²) in [6, 6.07) is 1.62. The molecule has 1 aromatic heterocycles. The van der Waals surface area contributed by atoms with Crippen molar-refractivity contribution in [2.75, 3.05) is 20.1 Å². The Hall–Kier alpha value is -0.850. The third-order valence-electron chi connectivity index (χ3n) is 2.84. The average Bonchev–Trinajstić information content (AvgIpc) is 2.71. The molecule has 0 atom stereocenters. The molecular weight excluding hydrogens is 264 g/mol. The lowest BCUT2D eigenvalue weighted by atomic mass is 10.4. The molecule has 1 heterocycles. The van der Waals surface area contributed by atoms with E-state index in [2.05, 4.69) is 5.32 Å². The lowest BCUT2D eigenvalue weighted by Gasteiger charge is -2.20. The lowest BCUT2D eigenvalue weighted by molar-refractivity contribution is 0.407. The zero-order valence-electron chi connectivity index (χ0n) is 12.2. The summed E-state index contributed by atoms with van der Waals surface area (Å²) in [7, 11) is -1.64. The van der Waals surface area contributed by atoms with Crippen molar-refractivity contribution in [2.45, 2.75) is 45.1 Å². The Kier molecular flexibility index (Phi) is 6.03. The van der Waals surface area contributed by atoms with E-state index in [9.17, 15) is 8.42 Å². The summed E-state index contributed by atoms with van der Waals surface area (Å²) in [4.78, 5) is 0.291. The van der Waals surface area contributed by atoms with Crippen LogP contribution in [0.1, 0.15) is 38.2 Å². The minimum absolute atomic E-state index is 0.291. The molecule has 0 bridgehead atoms. The van der Waals surface area contributed by atoms with Crippen molar-refractivity contribution in [3.05, 3.63) is 17.6 Å². The van der Waals surface area contributed by atoms with Gasteiger partial charge in [0.25, 0.3) is 0 Å². The number of rotatable bonds is 8. The number of furan rings is 1. The Morgan fingerprint density at radius 3 is 2.32 bits per heavy atom. The van der Waals surface area contributed by atoms with Crippen LogP contribution in [0.25, 0.3) is 0 Å². The first-order chi connectivity index (χ1) is 8.97. The highest BCUT2D eigenvalue weighted by Crippen LogP contribution is 2.24. The number of aryl methyl sites for hydroxylation is 1. The van der Waals surface area contributed by atoms with Gasteiger partial charge in [0.1, 0.15) is 16.4 Å². The summed E-state index contributed by atoms with van der Waals surface area (Å²) in [5.41, 5.74) is 0. The molecule has 0 radical (unpaired) electrons. The molecule has 0 fully saturated rings. The van der Waals surface area contributed by atoms with Crippen LogP contribution in [-0.2, 0) is 16.6 Å². The smallest absolute Gasteiger partial charge is 0.246 e. The van der Waals surface area contributed by atoms with Crippen LogP contribution >= 0.6 is 0 Å². The predicted molar refractivity (Wildman–Crippen MR) is 75.5 cm³/mol. The fourth-order valence-electron chi connectivity index (χ4n) is 2.03. The molecule has 5 nitrogen and oxygen atoms in total. The van der Waals surface area contributed by atoms with Gasteiger partial charge >= 0.3 is 0 Å². The van der Waals surface area contributed by atoms with E-state index < -0.39 is 10.0 Å². The molecule has 1 rings (SSSR count). The molecule has 110 valence electrons. The monoisotopic (exact) mass is 288 g/mol. The maximum Gasteiger partial charge on any atom is 0.246 e. The van der Waals surface area contributed by atoms with Crippen LogP contribution in [-0.4, -0.2) is 32.9 Å². The second-order valence-electron chi connectivity index (χ2n) is 4.57. The fourth-order valence-corrected chi connectivity index (χ4v) is 3.84. The highest BCUT2D eigenvalue weighted by molar-refractivity contribution is 7.89. The van der Waals surface area contributed by atoms with Crippen LogP contribution in [0.2, 0.25) is 0 Å². The second kappa shape index (κ2) is 7.07. The number of nitrogens with one attached hydrogen (secondary N) is 1. The van der Waals surface area contributed by atoms with Crippen molar-refractivity contribution in [1.82, 2.24) is 9.62 Å². The van der Waals surface area contributed by atoms with E-state index in [-0.39, 0.29) is 0 Å². The summed E-state index contributed by atoms with van der Waals surface area (Å²) in [6.07, 6.45) is 1.61.